The fraction of sp³-hybridized carbons (Fsp3) is 0.348. The van der Waals surface area contributed by atoms with Crippen molar-refractivity contribution < 1.29 is 27.4 Å². The van der Waals surface area contributed by atoms with Gasteiger partial charge in [-0.25, -0.2) is 17.6 Å². The highest BCUT2D eigenvalue weighted by atomic mass is 32.2. The van der Waals surface area contributed by atoms with E-state index in [9.17, 15) is 22.7 Å². The zero-order valence-electron chi connectivity index (χ0n) is 17.8. The van der Waals surface area contributed by atoms with Crippen molar-refractivity contribution in [2.24, 2.45) is 5.92 Å². The Hall–Kier alpha value is -2.91. The Morgan fingerprint density at radius 3 is 2.81 bits per heavy atom. The molecule has 9 heteroatoms. The Bertz CT molecular complexity index is 1190. The summed E-state index contributed by atoms with van der Waals surface area (Å²) in [5.41, 5.74) is 0.660. The van der Waals surface area contributed by atoms with Gasteiger partial charge in [-0.15, -0.1) is 0 Å². The number of hydrogen-bond acceptors (Lipinski definition) is 5. The van der Waals surface area contributed by atoms with Gasteiger partial charge in [0.05, 0.1) is 17.2 Å². The maximum absolute atomic E-state index is 13.8. The lowest BCUT2D eigenvalue weighted by Gasteiger charge is -2.21. The van der Waals surface area contributed by atoms with Gasteiger partial charge in [0.25, 0.3) is 10.0 Å². The van der Waals surface area contributed by atoms with Crippen molar-refractivity contribution >= 4 is 27.8 Å². The molecule has 1 aliphatic carbocycles. The van der Waals surface area contributed by atoms with Crippen LogP contribution in [-0.4, -0.2) is 38.7 Å². The number of anilines is 1. The first-order chi connectivity index (χ1) is 15.2. The summed E-state index contributed by atoms with van der Waals surface area (Å²) < 4.78 is 48.2. The van der Waals surface area contributed by atoms with Crippen LogP contribution < -0.4 is 14.8 Å². The average Bonchev–Trinajstić information content (AvgIpc) is 3.50. The summed E-state index contributed by atoms with van der Waals surface area (Å²) in [6.45, 7) is 4.85. The first-order valence-electron chi connectivity index (χ1n) is 10.4. The number of carbonyl (C=O) groups is 1. The molecule has 1 saturated carbocycles. The maximum atomic E-state index is 13.8. The fourth-order valence-corrected chi connectivity index (χ4v) is 5.18. The van der Waals surface area contributed by atoms with Crippen molar-refractivity contribution in [1.82, 2.24) is 5.32 Å². The molecule has 0 amide bonds. The van der Waals surface area contributed by atoms with Crippen molar-refractivity contribution in [2.75, 3.05) is 17.9 Å². The largest absolute Gasteiger partial charge is 0.492 e. The van der Waals surface area contributed by atoms with Gasteiger partial charge in [0, 0.05) is 18.5 Å². The van der Waals surface area contributed by atoms with Crippen molar-refractivity contribution in [3.05, 3.63) is 58.9 Å². The Morgan fingerprint density at radius 1 is 1.31 bits per heavy atom. The average molecular weight is 461 g/mol. The predicted octanol–water partition coefficient (Wildman–Crippen LogP) is 3.83. The summed E-state index contributed by atoms with van der Waals surface area (Å²) >= 11 is 0. The highest BCUT2D eigenvalue weighted by Crippen LogP contribution is 2.55. The number of hydrogen-bond donors (Lipinski definition) is 3. The van der Waals surface area contributed by atoms with Crippen molar-refractivity contribution in [3.8, 4) is 5.75 Å². The highest BCUT2D eigenvalue weighted by molar-refractivity contribution is 7.92. The van der Waals surface area contributed by atoms with E-state index in [2.05, 4.69) is 10.0 Å². The van der Waals surface area contributed by atoms with Crippen LogP contribution in [0.1, 0.15) is 47.7 Å². The number of sulfonamides is 1. The predicted molar refractivity (Wildman–Crippen MR) is 119 cm³/mol. The third-order valence-electron chi connectivity index (χ3n) is 5.61. The van der Waals surface area contributed by atoms with Crippen molar-refractivity contribution in [3.63, 3.8) is 0 Å². The molecule has 0 spiro atoms. The molecule has 1 fully saturated rings. The third-order valence-corrected chi connectivity index (χ3v) is 7.05. The van der Waals surface area contributed by atoms with Crippen LogP contribution in [0.4, 0.5) is 10.1 Å². The molecule has 1 aliphatic heterocycles. The molecule has 32 heavy (non-hydrogen) atoms. The molecule has 170 valence electrons. The first kappa shape index (κ1) is 22.3. The first-order valence-corrected chi connectivity index (χ1v) is 11.9. The smallest absolute Gasteiger partial charge is 0.341 e. The van der Waals surface area contributed by atoms with E-state index in [4.69, 9.17) is 4.74 Å². The molecule has 7 nitrogen and oxygen atoms in total. The second-order valence-electron chi connectivity index (χ2n) is 8.38. The SMILES string of the molecule is CC(C)NC/C=C\c1cc(F)ccc1S(=O)(=O)Nc1ccc2c(c1C(=O)O)OCC1CC21. The standard InChI is InChI=1S/C23H25FN2O5S/c1-13(2)25-9-3-4-14-10-16(24)5-8-20(14)32(29,30)26-19-7-6-17-18-11-15(18)12-31-22(17)21(19)23(27)28/h3-8,10,13,15,18,25-26H,9,11-12H2,1-2H3,(H,27,28)/b4-3-. The van der Waals surface area contributed by atoms with E-state index < -0.39 is 21.8 Å². The Morgan fingerprint density at radius 2 is 2.09 bits per heavy atom. The summed E-state index contributed by atoms with van der Waals surface area (Å²) in [5, 5.41) is 12.9. The van der Waals surface area contributed by atoms with Crippen LogP contribution in [0, 0.1) is 11.7 Å². The van der Waals surface area contributed by atoms with E-state index in [1.54, 1.807) is 12.1 Å². The number of carboxylic acid groups (broad SMARTS) is 1. The lowest BCUT2D eigenvalue weighted by molar-refractivity contribution is 0.0692. The number of aromatic carboxylic acids is 1. The number of nitrogens with one attached hydrogen (secondary N) is 2. The van der Waals surface area contributed by atoms with Crippen LogP contribution in [0.2, 0.25) is 0 Å². The number of ether oxygens (including phenoxy) is 1. The minimum absolute atomic E-state index is 0.0870. The fourth-order valence-electron chi connectivity index (χ4n) is 3.93. The monoisotopic (exact) mass is 460 g/mol. The van der Waals surface area contributed by atoms with E-state index >= 15 is 0 Å². The summed E-state index contributed by atoms with van der Waals surface area (Å²) in [4.78, 5) is 11.8. The maximum Gasteiger partial charge on any atom is 0.341 e. The van der Waals surface area contributed by atoms with Crippen LogP contribution in [0.15, 0.2) is 41.3 Å². The van der Waals surface area contributed by atoms with Crippen LogP contribution >= 0.6 is 0 Å². The van der Waals surface area contributed by atoms with Crippen LogP contribution in [0.5, 0.6) is 5.75 Å². The Labute approximate surface area is 186 Å². The van der Waals surface area contributed by atoms with Gasteiger partial charge in [0.15, 0.2) is 0 Å². The van der Waals surface area contributed by atoms with Crippen LogP contribution in [-0.2, 0) is 10.0 Å². The molecule has 2 aromatic rings. The second-order valence-corrected chi connectivity index (χ2v) is 10.0. The topological polar surface area (TPSA) is 105 Å². The van der Waals surface area contributed by atoms with Gasteiger partial charge in [-0.3, -0.25) is 4.72 Å². The van der Waals surface area contributed by atoms with E-state index in [1.807, 2.05) is 13.8 Å². The summed E-state index contributed by atoms with van der Waals surface area (Å²) in [6.07, 6.45) is 4.16. The third kappa shape index (κ3) is 4.49. The number of rotatable bonds is 8. The minimum atomic E-state index is -4.21. The lowest BCUT2D eigenvalue weighted by Crippen LogP contribution is -2.22. The van der Waals surface area contributed by atoms with Gasteiger partial charge in [0.2, 0.25) is 0 Å². The van der Waals surface area contributed by atoms with Gasteiger partial charge in [0.1, 0.15) is 17.1 Å². The zero-order chi connectivity index (χ0) is 23.0. The summed E-state index contributed by atoms with van der Waals surface area (Å²) in [7, 11) is -4.21. The van der Waals surface area contributed by atoms with Gasteiger partial charge in [-0.2, -0.15) is 0 Å². The Kier molecular flexibility index (Phi) is 5.96. The number of carboxylic acids is 1. The van der Waals surface area contributed by atoms with Crippen molar-refractivity contribution in [1.29, 1.82) is 0 Å². The quantitative estimate of drug-likeness (QED) is 0.553. The lowest BCUT2D eigenvalue weighted by atomic mass is 10.0. The van der Waals surface area contributed by atoms with Crippen LogP contribution in [0.3, 0.4) is 0 Å². The van der Waals surface area contributed by atoms with E-state index in [0.29, 0.717) is 19.1 Å². The van der Waals surface area contributed by atoms with Crippen LogP contribution in [0.25, 0.3) is 6.08 Å². The molecule has 0 bridgehead atoms. The summed E-state index contributed by atoms with van der Waals surface area (Å²) in [5.74, 6) is -0.984. The Balaban J connectivity index is 1.68. The minimum Gasteiger partial charge on any atom is -0.492 e. The van der Waals surface area contributed by atoms with Gasteiger partial charge in [-0.1, -0.05) is 32.1 Å². The van der Waals surface area contributed by atoms with E-state index in [-0.39, 0.29) is 39.4 Å². The van der Waals surface area contributed by atoms with Crippen molar-refractivity contribution in [2.45, 2.75) is 37.1 Å². The molecule has 2 aromatic carbocycles. The molecule has 2 atom stereocenters. The molecule has 0 aromatic heterocycles. The molecule has 0 saturated heterocycles. The molecular formula is C23H25FN2O5S. The highest BCUT2D eigenvalue weighted by Gasteiger charge is 2.45. The van der Waals surface area contributed by atoms with E-state index in [1.165, 1.54) is 12.1 Å². The molecule has 1 heterocycles. The molecule has 0 radical (unpaired) electrons. The van der Waals surface area contributed by atoms with Gasteiger partial charge >= 0.3 is 5.97 Å². The summed E-state index contributed by atoms with van der Waals surface area (Å²) in [6, 6.07) is 6.75. The molecule has 3 N–H and O–H groups in total. The van der Waals surface area contributed by atoms with Gasteiger partial charge < -0.3 is 15.2 Å². The molecule has 4 rings (SSSR count). The second kappa shape index (κ2) is 8.55. The number of benzene rings is 2. The number of halogens is 1. The van der Waals surface area contributed by atoms with E-state index in [0.717, 1.165) is 30.2 Å². The molecule has 2 aliphatic rings. The van der Waals surface area contributed by atoms with Gasteiger partial charge in [-0.05, 0) is 47.7 Å². The molecular weight excluding hydrogens is 435 g/mol. The zero-order valence-corrected chi connectivity index (χ0v) is 18.6. The number of fused-ring (bicyclic) bond motifs is 3. The normalized spacial score (nSPS) is 19.4. The molecule has 2 unspecified atom stereocenters.